The molecule has 6 aromatic rings. The number of hydrogen-bond acceptors (Lipinski definition) is 10. The van der Waals surface area contributed by atoms with Crippen molar-refractivity contribution in [3.05, 3.63) is 166 Å². The molecule has 73 heavy (non-hydrogen) atoms. The normalized spacial score (nSPS) is 14.0. The van der Waals surface area contributed by atoms with Crippen LogP contribution in [0.5, 0.6) is 5.75 Å². The molecule has 1 heterocycles. The zero-order valence-corrected chi connectivity index (χ0v) is 42.4. The van der Waals surface area contributed by atoms with Gasteiger partial charge in [0.1, 0.15) is 30.6 Å². The van der Waals surface area contributed by atoms with Crippen LogP contribution in [-0.2, 0) is 48.7 Å². The van der Waals surface area contributed by atoms with E-state index in [1.807, 2.05) is 142 Å². The van der Waals surface area contributed by atoms with E-state index >= 15 is 0 Å². The number of hydrazine groups is 1. The molecular formula is C56H61N7O9S. The van der Waals surface area contributed by atoms with E-state index in [0.717, 1.165) is 54.7 Å². The molecule has 1 atom stereocenters. The van der Waals surface area contributed by atoms with Crippen LogP contribution in [0.3, 0.4) is 0 Å². The molecule has 17 heteroatoms. The van der Waals surface area contributed by atoms with Gasteiger partial charge in [0.15, 0.2) is 0 Å². The monoisotopic (exact) mass is 1010 g/mol. The summed E-state index contributed by atoms with van der Waals surface area (Å²) in [5.74, 6) is -1.20. The average molecular weight is 1010 g/mol. The highest BCUT2D eigenvalue weighted by atomic mass is 32.2. The Labute approximate surface area is 425 Å². The van der Waals surface area contributed by atoms with Crippen molar-refractivity contribution < 1.29 is 41.8 Å². The van der Waals surface area contributed by atoms with Gasteiger partial charge in [0, 0.05) is 31.0 Å². The number of ether oxygens (including phenoxy) is 3. The highest BCUT2D eigenvalue weighted by Gasteiger charge is 2.37. The first-order chi connectivity index (χ1) is 35.0. The number of guanidine groups is 1. The number of amides is 4. The lowest BCUT2D eigenvalue weighted by Gasteiger charge is -2.27. The molecular weight excluding hydrogens is 947 g/mol. The Kier molecular flexibility index (Phi) is 15.7. The third kappa shape index (κ3) is 12.2. The standard InChI is InChI=1S/C56H61N7O9S/c1-35-36(2)51(37(3)46-31-56(4,5)72-50(35)46)73(68,69)62-53(57)58-28-15-24-48(60-55(67)71-34-47-44-22-13-11-20-42(44)43-21-12-14-23-45(43)47)52(65)61-63(32-39-25-26-40-18-9-10-19-41(40)30-39)54(66)59-29-27-49(64)70-33-38-16-7-6-8-17-38/h6-14,16-23,25-26,30,47-48H,15,24,27-29,31-34H2,1-5H3,(H,59,66)(H,60,67)(H,61,65)(H3,57,58,62)/t48-/m1/s1. The molecule has 0 spiro atoms. The molecule has 6 aromatic carbocycles. The van der Waals surface area contributed by atoms with E-state index in [9.17, 15) is 27.6 Å². The molecule has 0 fully saturated rings. The van der Waals surface area contributed by atoms with Gasteiger partial charge in [-0.1, -0.05) is 115 Å². The predicted molar refractivity (Wildman–Crippen MR) is 279 cm³/mol. The minimum absolute atomic E-state index is 0.0209. The lowest BCUT2D eigenvalue weighted by molar-refractivity contribution is -0.144. The molecule has 0 saturated carbocycles. The summed E-state index contributed by atoms with van der Waals surface area (Å²) >= 11 is 0. The van der Waals surface area contributed by atoms with Gasteiger partial charge in [0.05, 0.1) is 17.9 Å². The van der Waals surface area contributed by atoms with Gasteiger partial charge in [-0.15, -0.1) is 0 Å². The second-order valence-corrected chi connectivity index (χ2v) is 20.6. The molecule has 2 aliphatic rings. The van der Waals surface area contributed by atoms with Gasteiger partial charge in [0.25, 0.3) is 15.9 Å². The largest absolute Gasteiger partial charge is 0.487 e. The summed E-state index contributed by atoms with van der Waals surface area (Å²) in [6.45, 7) is 9.04. The molecule has 1 aliphatic carbocycles. The minimum Gasteiger partial charge on any atom is -0.487 e. The number of rotatable bonds is 17. The predicted octanol–water partition coefficient (Wildman–Crippen LogP) is 8.14. The summed E-state index contributed by atoms with van der Waals surface area (Å²) in [5, 5.41) is 8.38. The van der Waals surface area contributed by atoms with Crippen LogP contribution in [0.1, 0.15) is 83.5 Å². The number of carbonyl (C=O) groups is 4. The van der Waals surface area contributed by atoms with Gasteiger partial charge in [-0.05, 0) is 114 Å². The van der Waals surface area contributed by atoms with Gasteiger partial charge in [-0.2, -0.15) is 0 Å². The zero-order chi connectivity index (χ0) is 51.9. The van der Waals surface area contributed by atoms with Crippen molar-refractivity contribution in [1.29, 1.82) is 0 Å². The zero-order valence-electron chi connectivity index (χ0n) is 41.6. The third-order valence-corrected chi connectivity index (χ3v) is 14.8. The maximum absolute atomic E-state index is 14.4. The number of esters is 1. The Bertz CT molecular complexity index is 3150. The number of alkyl carbamates (subject to hydrolysis) is 1. The fourth-order valence-corrected chi connectivity index (χ4v) is 11.0. The van der Waals surface area contributed by atoms with E-state index in [0.29, 0.717) is 28.9 Å². The molecule has 8 rings (SSSR count). The number of hydrogen-bond donors (Lipinski definition) is 5. The number of fused-ring (bicyclic) bond motifs is 5. The van der Waals surface area contributed by atoms with Crippen molar-refractivity contribution in [2.24, 2.45) is 10.7 Å². The molecule has 6 N–H and O–H groups in total. The highest BCUT2D eigenvalue weighted by molar-refractivity contribution is 7.90. The molecule has 1 aliphatic heterocycles. The lowest BCUT2D eigenvalue weighted by atomic mass is 9.94. The van der Waals surface area contributed by atoms with Crippen LogP contribution < -0.4 is 31.3 Å². The summed E-state index contributed by atoms with van der Waals surface area (Å²) in [4.78, 5) is 59.2. The van der Waals surface area contributed by atoms with Crippen LogP contribution in [0.15, 0.2) is 131 Å². The van der Waals surface area contributed by atoms with Crippen molar-refractivity contribution >= 4 is 50.8 Å². The molecule has 16 nitrogen and oxygen atoms in total. The highest BCUT2D eigenvalue weighted by Crippen LogP contribution is 2.45. The van der Waals surface area contributed by atoms with E-state index in [1.54, 1.807) is 13.8 Å². The third-order valence-electron chi connectivity index (χ3n) is 13.2. The number of benzene rings is 6. The lowest BCUT2D eigenvalue weighted by Crippen LogP contribution is -2.56. The summed E-state index contributed by atoms with van der Waals surface area (Å²) in [6.07, 6.45) is -0.369. The van der Waals surface area contributed by atoms with Gasteiger partial charge < -0.3 is 30.6 Å². The van der Waals surface area contributed by atoms with Gasteiger partial charge in [-0.25, -0.2) is 27.7 Å². The Morgan fingerprint density at radius 1 is 0.808 bits per heavy atom. The fourth-order valence-electron chi connectivity index (χ4n) is 9.48. The summed E-state index contributed by atoms with van der Waals surface area (Å²) < 4.78 is 47.6. The quantitative estimate of drug-likeness (QED) is 0.0194. The van der Waals surface area contributed by atoms with E-state index in [4.69, 9.17) is 19.9 Å². The number of nitrogens with one attached hydrogen (secondary N) is 4. The molecule has 380 valence electrons. The van der Waals surface area contributed by atoms with E-state index in [2.05, 4.69) is 25.8 Å². The van der Waals surface area contributed by atoms with Crippen molar-refractivity contribution in [2.75, 3.05) is 19.7 Å². The average Bonchev–Trinajstić information content (AvgIpc) is 3.88. The summed E-state index contributed by atoms with van der Waals surface area (Å²) in [7, 11) is -4.19. The van der Waals surface area contributed by atoms with Crippen LogP contribution in [0, 0.1) is 20.8 Å². The van der Waals surface area contributed by atoms with Crippen molar-refractivity contribution in [3.63, 3.8) is 0 Å². The number of carbonyl (C=O) groups excluding carboxylic acids is 4. The number of aliphatic imine (C=N–C) groups is 1. The van der Waals surface area contributed by atoms with Crippen LogP contribution in [0.2, 0.25) is 0 Å². The van der Waals surface area contributed by atoms with Gasteiger partial charge in [-0.3, -0.25) is 20.0 Å². The smallest absolute Gasteiger partial charge is 0.407 e. The molecule has 0 bridgehead atoms. The minimum atomic E-state index is -4.19. The second-order valence-electron chi connectivity index (χ2n) is 19.0. The van der Waals surface area contributed by atoms with Crippen molar-refractivity contribution in [1.82, 2.24) is 25.8 Å². The van der Waals surface area contributed by atoms with Crippen LogP contribution in [-0.4, -0.2) is 74.7 Å². The van der Waals surface area contributed by atoms with Crippen LogP contribution >= 0.6 is 0 Å². The Morgan fingerprint density at radius 2 is 1.47 bits per heavy atom. The second kappa shape index (κ2) is 22.2. The molecule has 0 radical (unpaired) electrons. The Morgan fingerprint density at radius 3 is 2.18 bits per heavy atom. The molecule has 0 saturated heterocycles. The SMILES string of the molecule is Cc1c(C)c(S(=O)(=O)NC(N)=NCCC[C@@H](NC(=O)OCC2c3ccccc3-c3ccccc32)C(=O)NN(Cc2ccc3ccccc3c2)C(=O)NCCC(=O)OCc2ccccc2)c(C)c2c1OC(C)(C)C2. The number of nitrogens with zero attached hydrogens (tertiary/aromatic N) is 2. The fraction of sp³-hybridized carbons (Fsp3) is 0.304. The van der Waals surface area contributed by atoms with Crippen molar-refractivity contribution in [2.45, 2.75) is 95.9 Å². The first-order valence-electron chi connectivity index (χ1n) is 24.3. The summed E-state index contributed by atoms with van der Waals surface area (Å²) in [5.41, 5.74) is 16.7. The first kappa shape index (κ1) is 51.4. The molecule has 0 unspecified atom stereocenters. The Hall–Kier alpha value is -7.92. The van der Waals surface area contributed by atoms with Crippen molar-refractivity contribution in [3.8, 4) is 16.9 Å². The van der Waals surface area contributed by atoms with Crippen LogP contribution in [0.4, 0.5) is 9.59 Å². The Balaban J connectivity index is 0.977. The molecule has 0 aromatic heterocycles. The molecule has 4 amide bonds. The maximum atomic E-state index is 14.4. The van der Waals surface area contributed by atoms with E-state index < -0.39 is 45.7 Å². The first-order valence-corrected chi connectivity index (χ1v) is 25.8. The number of urea groups is 1. The van der Waals surface area contributed by atoms with Gasteiger partial charge >= 0.3 is 18.1 Å². The van der Waals surface area contributed by atoms with Crippen LogP contribution in [0.25, 0.3) is 21.9 Å². The maximum Gasteiger partial charge on any atom is 0.407 e. The van der Waals surface area contributed by atoms with Gasteiger partial charge in [0.2, 0.25) is 5.96 Å². The van der Waals surface area contributed by atoms with E-state index in [1.165, 1.54) is 0 Å². The van der Waals surface area contributed by atoms with E-state index in [-0.39, 0.29) is 68.9 Å². The summed E-state index contributed by atoms with van der Waals surface area (Å²) in [6, 6.07) is 36.4. The topological polar surface area (TPSA) is 220 Å². The number of nitrogens with two attached hydrogens (primary N) is 1. The number of sulfonamides is 1.